The molecule has 2 aromatic carbocycles. The number of oxazole rings is 1. The van der Waals surface area contributed by atoms with E-state index in [0.717, 1.165) is 22.9 Å². The minimum absolute atomic E-state index is 0.0298. The number of benzene rings is 2. The summed E-state index contributed by atoms with van der Waals surface area (Å²) in [6, 6.07) is 16.0. The molecule has 152 valence electrons. The molecule has 0 aliphatic rings. The van der Waals surface area contributed by atoms with E-state index in [1.807, 2.05) is 36.4 Å². The number of esters is 1. The lowest BCUT2D eigenvalue weighted by atomic mass is 10.0. The van der Waals surface area contributed by atoms with Gasteiger partial charge in [0.1, 0.15) is 5.69 Å². The second kappa shape index (κ2) is 8.42. The molecule has 0 aliphatic carbocycles. The standard InChI is InChI=1S/C22H18ClN3O4/c1-29-22(28)19-20(30-12-24-19)17(9-13-5-3-2-4-6-13)26-21(27)18-11-14-10-15(23)7-8-16(14)25-18/h2-8,10-12,17,25H,9H2,1H3,(H,26,27)/t17-/m0/s1. The average molecular weight is 424 g/mol. The Morgan fingerprint density at radius 3 is 2.77 bits per heavy atom. The summed E-state index contributed by atoms with van der Waals surface area (Å²) in [5.41, 5.74) is 2.14. The van der Waals surface area contributed by atoms with E-state index in [9.17, 15) is 9.59 Å². The molecule has 30 heavy (non-hydrogen) atoms. The predicted octanol–water partition coefficient (Wildman–Crippen LogP) is 4.31. The van der Waals surface area contributed by atoms with Crippen molar-refractivity contribution in [1.29, 1.82) is 0 Å². The number of methoxy groups -OCH3 is 1. The molecule has 0 saturated heterocycles. The van der Waals surface area contributed by atoms with Crippen LogP contribution in [0.3, 0.4) is 0 Å². The quantitative estimate of drug-likeness (QED) is 0.450. The minimum Gasteiger partial charge on any atom is -0.464 e. The van der Waals surface area contributed by atoms with Crippen molar-refractivity contribution < 1.29 is 18.7 Å². The fourth-order valence-electron chi connectivity index (χ4n) is 3.27. The number of carbonyl (C=O) groups excluding carboxylic acids is 2. The summed E-state index contributed by atoms with van der Waals surface area (Å²) >= 11 is 6.03. The van der Waals surface area contributed by atoms with Gasteiger partial charge in [-0.1, -0.05) is 41.9 Å². The Labute approximate surface area is 177 Å². The molecular formula is C22H18ClN3O4. The van der Waals surface area contributed by atoms with Gasteiger partial charge in [-0.15, -0.1) is 0 Å². The van der Waals surface area contributed by atoms with Crippen molar-refractivity contribution in [2.75, 3.05) is 7.11 Å². The first kappa shape index (κ1) is 19.7. The van der Waals surface area contributed by atoms with Crippen LogP contribution in [0.1, 0.15) is 38.3 Å². The first-order valence-electron chi connectivity index (χ1n) is 9.20. The van der Waals surface area contributed by atoms with Crippen LogP contribution in [0.25, 0.3) is 10.9 Å². The Balaban J connectivity index is 1.66. The smallest absolute Gasteiger partial charge is 0.360 e. The lowest BCUT2D eigenvalue weighted by Gasteiger charge is -2.17. The number of H-pyrrole nitrogens is 1. The molecule has 2 heterocycles. The summed E-state index contributed by atoms with van der Waals surface area (Å²) in [6.45, 7) is 0. The van der Waals surface area contributed by atoms with Gasteiger partial charge in [-0.2, -0.15) is 0 Å². The highest BCUT2D eigenvalue weighted by Gasteiger charge is 2.27. The molecule has 0 saturated carbocycles. The third kappa shape index (κ3) is 4.06. The normalized spacial score (nSPS) is 11.9. The van der Waals surface area contributed by atoms with E-state index in [1.165, 1.54) is 7.11 Å². The van der Waals surface area contributed by atoms with Crippen molar-refractivity contribution in [3.63, 3.8) is 0 Å². The number of nitrogens with zero attached hydrogens (tertiary/aromatic N) is 1. The second-order valence-corrected chi connectivity index (χ2v) is 7.12. The Morgan fingerprint density at radius 2 is 2.00 bits per heavy atom. The number of ether oxygens (including phenoxy) is 1. The lowest BCUT2D eigenvalue weighted by Crippen LogP contribution is -2.31. The molecule has 2 aromatic heterocycles. The summed E-state index contributed by atoms with van der Waals surface area (Å²) in [6.07, 6.45) is 1.56. The van der Waals surface area contributed by atoms with Crippen molar-refractivity contribution in [1.82, 2.24) is 15.3 Å². The van der Waals surface area contributed by atoms with Crippen LogP contribution >= 0.6 is 11.6 Å². The number of rotatable bonds is 6. The van der Waals surface area contributed by atoms with Gasteiger partial charge in [-0.3, -0.25) is 4.79 Å². The number of amides is 1. The zero-order valence-electron chi connectivity index (χ0n) is 16.0. The summed E-state index contributed by atoms with van der Waals surface area (Å²) in [4.78, 5) is 32.1. The zero-order valence-corrected chi connectivity index (χ0v) is 16.8. The Bertz CT molecular complexity index is 1200. The van der Waals surface area contributed by atoms with E-state index < -0.39 is 12.0 Å². The number of aromatic nitrogens is 2. The third-order valence-corrected chi connectivity index (χ3v) is 4.94. The minimum atomic E-state index is -0.633. The van der Waals surface area contributed by atoms with Crippen molar-refractivity contribution in [2.45, 2.75) is 12.5 Å². The van der Waals surface area contributed by atoms with E-state index >= 15 is 0 Å². The molecule has 0 spiro atoms. The maximum absolute atomic E-state index is 13.0. The molecule has 4 aromatic rings. The van der Waals surface area contributed by atoms with Crippen molar-refractivity contribution >= 4 is 34.4 Å². The summed E-state index contributed by atoms with van der Waals surface area (Å²) in [7, 11) is 1.27. The Kier molecular flexibility index (Phi) is 5.54. The number of hydrogen-bond acceptors (Lipinski definition) is 5. The molecule has 0 radical (unpaired) electrons. The maximum atomic E-state index is 13.0. The van der Waals surface area contributed by atoms with Crippen LogP contribution < -0.4 is 5.32 Å². The molecule has 8 heteroatoms. The molecule has 7 nitrogen and oxygen atoms in total. The van der Waals surface area contributed by atoms with Gasteiger partial charge in [0.25, 0.3) is 5.91 Å². The number of nitrogens with one attached hydrogen (secondary N) is 2. The molecular weight excluding hydrogens is 406 g/mol. The van der Waals surface area contributed by atoms with Crippen LogP contribution in [0.4, 0.5) is 0 Å². The molecule has 0 unspecified atom stereocenters. The average Bonchev–Trinajstić information content (AvgIpc) is 3.40. The SMILES string of the molecule is COC(=O)c1ncoc1[C@H](Cc1ccccc1)NC(=O)c1cc2cc(Cl)ccc2[nH]1. The van der Waals surface area contributed by atoms with Crippen LogP contribution in [0.15, 0.2) is 65.4 Å². The van der Waals surface area contributed by atoms with Crippen LogP contribution in [0, 0.1) is 0 Å². The lowest BCUT2D eigenvalue weighted by molar-refractivity contribution is 0.0589. The number of aromatic amines is 1. The highest BCUT2D eigenvalue weighted by atomic mass is 35.5. The number of carbonyl (C=O) groups is 2. The van der Waals surface area contributed by atoms with Crippen molar-refractivity contribution in [3.05, 3.63) is 88.7 Å². The third-order valence-electron chi connectivity index (χ3n) is 4.71. The van der Waals surface area contributed by atoms with E-state index in [1.54, 1.807) is 18.2 Å². The summed E-state index contributed by atoms with van der Waals surface area (Å²) in [5.74, 6) is -0.750. The van der Waals surface area contributed by atoms with Gasteiger partial charge in [0.15, 0.2) is 17.8 Å². The first-order valence-corrected chi connectivity index (χ1v) is 9.57. The molecule has 1 amide bonds. The highest BCUT2D eigenvalue weighted by molar-refractivity contribution is 6.31. The van der Waals surface area contributed by atoms with Gasteiger partial charge in [0.2, 0.25) is 0 Å². The predicted molar refractivity (Wildman–Crippen MR) is 112 cm³/mol. The zero-order chi connectivity index (χ0) is 21.1. The van der Waals surface area contributed by atoms with Gasteiger partial charge in [0, 0.05) is 22.3 Å². The van der Waals surface area contributed by atoms with E-state index in [0.29, 0.717) is 17.1 Å². The molecule has 0 fully saturated rings. The molecule has 0 bridgehead atoms. The van der Waals surface area contributed by atoms with Crippen molar-refractivity contribution in [3.8, 4) is 0 Å². The molecule has 2 N–H and O–H groups in total. The second-order valence-electron chi connectivity index (χ2n) is 6.69. The van der Waals surface area contributed by atoms with Gasteiger partial charge >= 0.3 is 5.97 Å². The van der Waals surface area contributed by atoms with Gasteiger partial charge in [0.05, 0.1) is 13.2 Å². The van der Waals surface area contributed by atoms with E-state index in [4.69, 9.17) is 20.8 Å². The highest BCUT2D eigenvalue weighted by Crippen LogP contribution is 2.24. The summed E-state index contributed by atoms with van der Waals surface area (Å²) in [5, 5.41) is 4.34. The Morgan fingerprint density at radius 1 is 1.20 bits per heavy atom. The Hall–Kier alpha value is -3.58. The van der Waals surface area contributed by atoms with Crippen molar-refractivity contribution in [2.24, 2.45) is 0 Å². The van der Waals surface area contributed by atoms with E-state index in [2.05, 4.69) is 15.3 Å². The molecule has 0 aliphatic heterocycles. The number of halogens is 1. The fourth-order valence-corrected chi connectivity index (χ4v) is 3.45. The summed E-state index contributed by atoms with van der Waals surface area (Å²) < 4.78 is 10.3. The largest absolute Gasteiger partial charge is 0.464 e. The van der Waals surface area contributed by atoms with Gasteiger partial charge in [-0.25, -0.2) is 9.78 Å². The maximum Gasteiger partial charge on any atom is 0.360 e. The first-order chi connectivity index (χ1) is 14.5. The number of fused-ring (bicyclic) bond motifs is 1. The monoisotopic (exact) mass is 423 g/mol. The topological polar surface area (TPSA) is 97.2 Å². The van der Waals surface area contributed by atoms with Gasteiger partial charge in [-0.05, 0) is 29.8 Å². The van der Waals surface area contributed by atoms with Crippen LogP contribution in [0.5, 0.6) is 0 Å². The van der Waals surface area contributed by atoms with Gasteiger partial charge < -0.3 is 19.5 Å². The molecule has 4 rings (SSSR count). The van der Waals surface area contributed by atoms with Crippen LogP contribution in [-0.2, 0) is 11.2 Å². The van der Waals surface area contributed by atoms with Crippen LogP contribution in [0.2, 0.25) is 5.02 Å². The van der Waals surface area contributed by atoms with E-state index in [-0.39, 0.29) is 17.4 Å². The van der Waals surface area contributed by atoms with Crippen LogP contribution in [-0.4, -0.2) is 29.0 Å². The fraction of sp³-hybridized carbons (Fsp3) is 0.136. The number of hydrogen-bond donors (Lipinski definition) is 2. The molecule has 1 atom stereocenters.